The Morgan fingerprint density at radius 1 is 1.39 bits per heavy atom. The molecule has 0 bridgehead atoms. The fourth-order valence-corrected chi connectivity index (χ4v) is 2.66. The summed E-state index contributed by atoms with van der Waals surface area (Å²) in [4.78, 5) is 2.35. The van der Waals surface area contributed by atoms with Gasteiger partial charge in [-0.1, -0.05) is 0 Å². The third-order valence-electron chi connectivity index (χ3n) is 4.10. The number of alkyl halides is 1. The van der Waals surface area contributed by atoms with Gasteiger partial charge in [-0.2, -0.15) is 0 Å². The van der Waals surface area contributed by atoms with Crippen molar-refractivity contribution in [2.24, 2.45) is 5.41 Å². The summed E-state index contributed by atoms with van der Waals surface area (Å²) < 4.78 is 24.5. The van der Waals surface area contributed by atoms with E-state index in [1.807, 2.05) is 0 Å². The molecular weight excluding hydrogens is 233 g/mol. The fraction of sp³-hybridized carbons (Fsp3) is 1.00. The molecule has 1 saturated heterocycles. The first kappa shape index (κ1) is 14.2. The van der Waals surface area contributed by atoms with Crippen LogP contribution in [0.15, 0.2) is 0 Å². The van der Waals surface area contributed by atoms with Crippen molar-refractivity contribution in [1.82, 2.24) is 4.90 Å². The summed E-state index contributed by atoms with van der Waals surface area (Å²) in [5.74, 6) is 0. The molecule has 0 amide bonds. The van der Waals surface area contributed by atoms with Crippen LogP contribution in [0.2, 0.25) is 0 Å². The van der Waals surface area contributed by atoms with Gasteiger partial charge in [0.2, 0.25) is 0 Å². The maximum atomic E-state index is 13.5. The van der Waals surface area contributed by atoms with Crippen LogP contribution in [0.5, 0.6) is 0 Å². The molecule has 0 radical (unpaired) electrons. The number of halogens is 1. The largest absolute Gasteiger partial charge is 0.378 e. The second-order valence-electron chi connectivity index (χ2n) is 6.17. The van der Waals surface area contributed by atoms with Crippen molar-refractivity contribution >= 4 is 0 Å². The minimum atomic E-state index is -0.798. The molecule has 0 aromatic heterocycles. The molecule has 4 heteroatoms. The number of hydrogen-bond acceptors (Lipinski definition) is 3. The molecule has 3 nitrogen and oxygen atoms in total. The van der Waals surface area contributed by atoms with Crippen LogP contribution in [0.4, 0.5) is 4.39 Å². The van der Waals surface area contributed by atoms with Gasteiger partial charge in [0.1, 0.15) is 12.3 Å². The molecule has 1 saturated carbocycles. The monoisotopic (exact) mass is 259 g/mol. The van der Waals surface area contributed by atoms with Crippen LogP contribution in [0.1, 0.15) is 33.1 Å². The Balaban J connectivity index is 1.79. The van der Waals surface area contributed by atoms with Gasteiger partial charge in [0.05, 0.1) is 12.7 Å². The number of likely N-dealkylation sites (tertiary alicyclic amines) is 1. The van der Waals surface area contributed by atoms with E-state index < -0.39 is 6.17 Å². The van der Waals surface area contributed by atoms with Crippen molar-refractivity contribution in [2.75, 3.05) is 33.4 Å². The van der Waals surface area contributed by atoms with Crippen LogP contribution in [-0.2, 0) is 9.47 Å². The zero-order valence-electron chi connectivity index (χ0n) is 11.8. The molecule has 106 valence electrons. The molecule has 0 aromatic rings. The molecule has 0 aromatic carbocycles. The first-order valence-corrected chi connectivity index (χ1v) is 7.05. The second-order valence-corrected chi connectivity index (χ2v) is 6.17. The maximum Gasteiger partial charge on any atom is 0.129 e. The van der Waals surface area contributed by atoms with Crippen molar-refractivity contribution in [1.29, 1.82) is 0 Å². The molecular formula is C14H26FNO2. The van der Waals surface area contributed by atoms with E-state index >= 15 is 0 Å². The van der Waals surface area contributed by atoms with Gasteiger partial charge in [-0.15, -0.1) is 0 Å². The Hall–Kier alpha value is -0.190. The summed E-state index contributed by atoms with van der Waals surface area (Å²) in [5, 5.41) is 0. The minimum absolute atomic E-state index is 0.249. The molecule has 0 N–H and O–H groups in total. The highest BCUT2D eigenvalue weighted by molar-refractivity contribution is 4.97. The maximum absolute atomic E-state index is 13.5. The molecule has 1 aliphatic heterocycles. The van der Waals surface area contributed by atoms with E-state index in [0.29, 0.717) is 17.9 Å². The molecule has 1 heterocycles. The van der Waals surface area contributed by atoms with Gasteiger partial charge in [0.25, 0.3) is 0 Å². The Morgan fingerprint density at radius 3 is 2.67 bits per heavy atom. The number of rotatable bonds is 6. The third-order valence-corrected chi connectivity index (χ3v) is 4.10. The summed E-state index contributed by atoms with van der Waals surface area (Å²) in [6.07, 6.45) is 2.33. The lowest BCUT2D eigenvalue weighted by Gasteiger charge is -2.36. The summed E-state index contributed by atoms with van der Waals surface area (Å²) >= 11 is 0. The first-order valence-electron chi connectivity index (χ1n) is 7.05. The van der Waals surface area contributed by atoms with Crippen molar-refractivity contribution in [3.8, 4) is 0 Å². The van der Waals surface area contributed by atoms with E-state index in [1.165, 1.54) is 12.8 Å². The van der Waals surface area contributed by atoms with Gasteiger partial charge < -0.3 is 9.47 Å². The summed E-state index contributed by atoms with van der Waals surface area (Å²) in [6, 6.07) is 0. The van der Waals surface area contributed by atoms with E-state index in [-0.39, 0.29) is 6.10 Å². The Kier molecular flexibility index (Phi) is 4.62. The highest BCUT2D eigenvalue weighted by atomic mass is 19.1. The molecule has 0 spiro atoms. The summed E-state index contributed by atoms with van der Waals surface area (Å²) in [5.41, 5.74) is 0.339. The van der Waals surface area contributed by atoms with Crippen molar-refractivity contribution in [3.63, 3.8) is 0 Å². The number of methoxy groups -OCH3 is 1. The minimum Gasteiger partial charge on any atom is -0.378 e. The zero-order chi connectivity index (χ0) is 13.2. The van der Waals surface area contributed by atoms with Crippen LogP contribution in [0.3, 0.4) is 0 Å². The second kappa shape index (κ2) is 5.85. The normalized spacial score (nSPS) is 31.8. The molecule has 2 rings (SSSR count). The Bertz CT molecular complexity index is 269. The van der Waals surface area contributed by atoms with E-state index in [9.17, 15) is 4.39 Å². The molecule has 2 atom stereocenters. The van der Waals surface area contributed by atoms with Crippen LogP contribution in [0.25, 0.3) is 0 Å². The van der Waals surface area contributed by atoms with E-state index in [0.717, 1.165) is 26.2 Å². The van der Waals surface area contributed by atoms with Gasteiger partial charge in [-0.05, 0) is 33.1 Å². The standard InChI is InChI=1S/C14H26FNO2/c1-11(2)18-10-14(5-6-14)9-16-7-4-12(15)13(8-16)17-3/h11-13H,4-10H2,1-3H3/t12-,13-/m1/s1. The van der Waals surface area contributed by atoms with Gasteiger partial charge in [0, 0.05) is 32.2 Å². The predicted molar refractivity (Wildman–Crippen MR) is 69.5 cm³/mol. The molecule has 0 unspecified atom stereocenters. The van der Waals surface area contributed by atoms with Gasteiger partial charge in [0.15, 0.2) is 0 Å². The molecule has 18 heavy (non-hydrogen) atoms. The predicted octanol–water partition coefficient (Wildman–Crippen LogP) is 2.25. The van der Waals surface area contributed by atoms with Crippen LogP contribution in [0, 0.1) is 5.41 Å². The first-order chi connectivity index (χ1) is 8.54. The number of ether oxygens (including phenoxy) is 2. The highest BCUT2D eigenvalue weighted by Gasteiger charge is 2.45. The van der Waals surface area contributed by atoms with E-state index in [4.69, 9.17) is 9.47 Å². The van der Waals surface area contributed by atoms with Crippen molar-refractivity contribution in [3.05, 3.63) is 0 Å². The smallest absolute Gasteiger partial charge is 0.129 e. The molecule has 2 fully saturated rings. The van der Waals surface area contributed by atoms with Crippen LogP contribution >= 0.6 is 0 Å². The fourth-order valence-electron chi connectivity index (χ4n) is 2.66. The molecule has 1 aliphatic carbocycles. The topological polar surface area (TPSA) is 21.7 Å². The average molecular weight is 259 g/mol. The highest BCUT2D eigenvalue weighted by Crippen LogP contribution is 2.47. The Labute approximate surface area is 110 Å². The van der Waals surface area contributed by atoms with Gasteiger partial charge >= 0.3 is 0 Å². The van der Waals surface area contributed by atoms with E-state index in [2.05, 4.69) is 18.7 Å². The van der Waals surface area contributed by atoms with Crippen molar-refractivity contribution in [2.45, 2.75) is 51.5 Å². The lowest BCUT2D eigenvalue weighted by molar-refractivity contribution is -0.0378. The lowest BCUT2D eigenvalue weighted by Crippen LogP contribution is -2.48. The van der Waals surface area contributed by atoms with Crippen molar-refractivity contribution < 1.29 is 13.9 Å². The van der Waals surface area contributed by atoms with Gasteiger partial charge in [-0.25, -0.2) is 4.39 Å². The zero-order valence-corrected chi connectivity index (χ0v) is 11.8. The van der Waals surface area contributed by atoms with Crippen LogP contribution < -0.4 is 0 Å². The SMILES string of the molecule is CO[C@@H]1CN(CC2(COC(C)C)CC2)CC[C@H]1F. The number of piperidine rings is 1. The van der Waals surface area contributed by atoms with E-state index in [1.54, 1.807) is 7.11 Å². The average Bonchev–Trinajstić information content (AvgIpc) is 3.10. The summed E-state index contributed by atoms with van der Waals surface area (Å²) in [7, 11) is 1.61. The quantitative estimate of drug-likeness (QED) is 0.730. The lowest BCUT2D eigenvalue weighted by atomic mass is 10.0. The van der Waals surface area contributed by atoms with Gasteiger partial charge in [-0.3, -0.25) is 4.90 Å². The Morgan fingerprint density at radius 2 is 2.11 bits per heavy atom. The summed E-state index contributed by atoms with van der Waals surface area (Å²) in [6.45, 7) is 7.60. The number of nitrogens with zero attached hydrogens (tertiary/aromatic N) is 1. The molecule has 2 aliphatic rings. The third kappa shape index (κ3) is 3.65. The van der Waals surface area contributed by atoms with Crippen LogP contribution in [-0.4, -0.2) is 56.6 Å². The number of hydrogen-bond donors (Lipinski definition) is 0.